The molecule has 1 spiro atoms. The summed E-state index contributed by atoms with van der Waals surface area (Å²) in [7, 11) is 4.85. The second-order valence-corrected chi connectivity index (χ2v) is 28.1. The Balaban J connectivity index is 1.48. The van der Waals surface area contributed by atoms with E-state index in [0.29, 0.717) is 0 Å². The van der Waals surface area contributed by atoms with Crippen LogP contribution in [0, 0.1) is 11.8 Å². The average molecular weight is 405 g/mol. The van der Waals surface area contributed by atoms with Gasteiger partial charge >= 0.3 is 128 Å². The first-order valence-electron chi connectivity index (χ1n) is 8.04. The normalized spacial score (nSPS) is 57.2. The summed E-state index contributed by atoms with van der Waals surface area (Å²) in [5, 5.41) is 1.90. The summed E-state index contributed by atoms with van der Waals surface area (Å²) in [6.07, 6.45) is 8.74. The van der Waals surface area contributed by atoms with Crippen molar-refractivity contribution in [2.24, 2.45) is 11.8 Å². The van der Waals surface area contributed by atoms with Gasteiger partial charge in [-0.05, 0) is 0 Å². The van der Waals surface area contributed by atoms with Crippen molar-refractivity contribution in [1.82, 2.24) is 7.08 Å². The number of hydrogen-bond donors (Lipinski definition) is 2. The molecule has 2 heterocycles. The van der Waals surface area contributed by atoms with Crippen LogP contribution in [0.1, 0.15) is 52.4 Å². The fourth-order valence-electron chi connectivity index (χ4n) is 4.41. The van der Waals surface area contributed by atoms with Crippen molar-refractivity contribution in [2.75, 3.05) is 0 Å². The summed E-state index contributed by atoms with van der Waals surface area (Å²) in [5.74, 6) is 1.90. The van der Waals surface area contributed by atoms with E-state index in [2.05, 4.69) is 38.8 Å². The zero-order valence-electron chi connectivity index (χ0n) is 12.0. The summed E-state index contributed by atoms with van der Waals surface area (Å²) in [4.78, 5) is 0. The third-order valence-corrected chi connectivity index (χ3v) is 30.1. The van der Waals surface area contributed by atoms with Crippen LogP contribution in [0.4, 0.5) is 0 Å². The van der Waals surface area contributed by atoms with Gasteiger partial charge in [0, 0.05) is 0 Å². The first-order valence-corrected chi connectivity index (χ1v) is 19.6. The van der Waals surface area contributed by atoms with E-state index in [0.717, 1.165) is 34.4 Å². The van der Waals surface area contributed by atoms with Gasteiger partial charge in [-0.25, -0.2) is 0 Å². The molecule has 2 aliphatic heterocycles. The van der Waals surface area contributed by atoms with E-state index < -0.39 is 16.2 Å². The molecule has 0 aromatic carbocycles. The molecular weight excluding hydrogens is 379 g/mol. The van der Waals surface area contributed by atoms with E-state index in [1.807, 2.05) is 0 Å². The molecule has 2 N–H and O–H groups in total. The summed E-state index contributed by atoms with van der Waals surface area (Å²) < 4.78 is 8.39. The molecule has 1 unspecified atom stereocenters. The van der Waals surface area contributed by atoms with Crippen molar-refractivity contribution in [3.63, 3.8) is 0 Å². The molecule has 0 aromatic heterocycles. The number of fused-ring (bicyclic) bond motifs is 2. The molecule has 0 bridgehead atoms. The van der Waals surface area contributed by atoms with Crippen LogP contribution in [0.25, 0.3) is 0 Å². The molecule has 2 aliphatic carbocycles. The Labute approximate surface area is 127 Å². The molecule has 5 heteroatoms. The zero-order chi connectivity index (χ0) is 13.0. The van der Waals surface area contributed by atoms with Crippen LogP contribution in [0.2, 0.25) is 0 Å². The summed E-state index contributed by atoms with van der Waals surface area (Å²) in [5.41, 5.74) is 0. The summed E-state index contributed by atoms with van der Waals surface area (Å²) in [6.45, 7) is 4.89. The third kappa shape index (κ3) is 2.62. The van der Waals surface area contributed by atoms with Gasteiger partial charge in [0.15, 0.2) is 0 Å². The maximum atomic E-state index is 4.19. The minimum absolute atomic E-state index is 0.849. The molecule has 0 aromatic rings. The van der Waals surface area contributed by atoms with Crippen LogP contribution in [0.3, 0.4) is 0 Å². The van der Waals surface area contributed by atoms with Crippen molar-refractivity contribution in [2.45, 2.75) is 75.0 Å². The van der Waals surface area contributed by atoms with E-state index in [-0.39, 0.29) is 0 Å². The maximum absolute atomic E-state index is 4.19. The van der Waals surface area contributed by atoms with Crippen LogP contribution < -0.4 is 7.08 Å². The van der Waals surface area contributed by atoms with Gasteiger partial charge < -0.3 is 0 Å². The van der Waals surface area contributed by atoms with E-state index in [9.17, 15) is 0 Å². The fraction of sp³-hybridized carbons (Fsp3) is 1.00. The van der Waals surface area contributed by atoms with Crippen LogP contribution in [-0.2, 0) is 0 Å². The predicted octanol–water partition coefficient (Wildman–Crippen LogP) is 3.21. The number of hydrogen-bond acceptors (Lipinski definition) is 4. The van der Waals surface area contributed by atoms with Gasteiger partial charge in [-0.3, -0.25) is 0 Å². The van der Waals surface area contributed by atoms with Gasteiger partial charge in [0.1, 0.15) is 0 Å². The molecule has 0 amide bonds. The number of nitrogens with one attached hydrogen (secondary N) is 2. The Morgan fingerprint density at radius 3 is 1.74 bits per heavy atom. The van der Waals surface area contributed by atoms with Crippen molar-refractivity contribution in [1.29, 1.82) is 0 Å². The predicted molar refractivity (Wildman–Crippen MR) is 88.4 cm³/mol. The Hall–Kier alpha value is 1.42. The Kier molecular flexibility index (Phi) is 3.88. The van der Waals surface area contributed by atoms with Gasteiger partial charge in [-0.15, -0.1) is 0 Å². The molecule has 4 aliphatic rings. The van der Waals surface area contributed by atoms with Crippen molar-refractivity contribution in [3.8, 4) is 0 Å². The molecule has 108 valence electrons. The molecule has 2 nitrogen and oxygen atoms in total. The topological polar surface area (TPSA) is 24.1 Å². The standard InChI is InChI=1S/2C7H14NS.Sn/c2*1-5-2-3-7(9)6(8)4-5;/h2*5-9H,2-4H2,1H3;/q2*-1;+4/p-2/t5-,6-,7+;5-,6-,7-;/m11./s1. The van der Waals surface area contributed by atoms with E-state index >= 15 is 0 Å². The van der Waals surface area contributed by atoms with E-state index in [1.165, 1.54) is 38.5 Å². The second kappa shape index (κ2) is 5.25. The van der Waals surface area contributed by atoms with Gasteiger partial charge in [0.2, 0.25) is 0 Å². The molecule has 0 radical (unpaired) electrons. The van der Waals surface area contributed by atoms with Crippen LogP contribution in [0.5, 0.6) is 0 Å². The summed E-state index contributed by atoms with van der Waals surface area (Å²) >= 11 is -2.28. The second-order valence-electron chi connectivity index (χ2n) is 7.27. The Morgan fingerprint density at radius 2 is 1.26 bits per heavy atom. The first kappa shape index (κ1) is 14.0. The SMILES string of the molecule is C[C@@H]1CC[C@@H]2[S][Sn]3([NH][C@@H]2C1)[NH][C@@H]1C[C@H](C)CC[C@H]1[S]3. The Bertz CT molecular complexity index is 333. The minimum atomic E-state index is -2.28. The molecule has 2 saturated heterocycles. The first-order chi connectivity index (χ1) is 9.13. The van der Waals surface area contributed by atoms with Crippen molar-refractivity contribution < 1.29 is 0 Å². The Morgan fingerprint density at radius 1 is 0.789 bits per heavy atom. The molecule has 4 rings (SSSR count). The molecule has 4 fully saturated rings. The van der Waals surface area contributed by atoms with Gasteiger partial charge in [0.05, 0.1) is 0 Å². The van der Waals surface area contributed by atoms with Crippen LogP contribution >= 0.6 is 17.9 Å². The monoisotopic (exact) mass is 406 g/mol. The molecular formula is C14H26N2S2Sn. The van der Waals surface area contributed by atoms with E-state index in [4.69, 9.17) is 0 Å². The number of rotatable bonds is 0. The van der Waals surface area contributed by atoms with Gasteiger partial charge in [-0.1, -0.05) is 0 Å². The van der Waals surface area contributed by atoms with Crippen molar-refractivity contribution in [3.05, 3.63) is 0 Å². The van der Waals surface area contributed by atoms with Gasteiger partial charge in [0.25, 0.3) is 0 Å². The average Bonchev–Trinajstić information content (AvgIpc) is 2.87. The van der Waals surface area contributed by atoms with Crippen molar-refractivity contribution >= 4 is 34.0 Å². The zero-order valence-corrected chi connectivity index (χ0v) is 16.5. The van der Waals surface area contributed by atoms with Gasteiger partial charge in [-0.2, -0.15) is 0 Å². The van der Waals surface area contributed by atoms with E-state index in [1.54, 1.807) is 0 Å². The molecule has 2 saturated carbocycles. The summed E-state index contributed by atoms with van der Waals surface area (Å²) in [6, 6.07) is 1.70. The third-order valence-electron chi connectivity index (χ3n) is 5.48. The quantitative estimate of drug-likeness (QED) is 0.605. The fourth-order valence-corrected chi connectivity index (χ4v) is 37.4. The van der Waals surface area contributed by atoms with Crippen LogP contribution in [0.15, 0.2) is 0 Å². The molecule has 19 heavy (non-hydrogen) atoms. The van der Waals surface area contributed by atoms with Crippen LogP contribution in [-0.4, -0.2) is 38.7 Å². The molecule has 7 atom stereocenters.